The average molecular weight is 418 g/mol. The number of nitrogens with zero attached hydrogens (tertiary/aromatic N) is 1. The van der Waals surface area contributed by atoms with Gasteiger partial charge < -0.3 is 20.1 Å². The molecule has 0 aliphatic carbocycles. The van der Waals surface area contributed by atoms with Gasteiger partial charge in [0.15, 0.2) is 10.9 Å². The number of pyridine rings is 1. The summed E-state index contributed by atoms with van der Waals surface area (Å²) in [7, 11) is 0. The van der Waals surface area contributed by atoms with Crippen LogP contribution in [-0.2, 0) is 17.0 Å². The summed E-state index contributed by atoms with van der Waals surface area (Å²) in [5.41, 5.74) is 0.864. The number of anilines is 1. The molecule has 1 aromatic rings. The van der Waals surface area contributed by atoms with Crippen molar-refractivity contribution in [3.8, 4) is 5.75 Å². The fraction of sp³-hybridized carbons (Fsp3) is 0.667. The van der Waals surface area contributed by atoms with Gasteiger partial charge in [-0.25, -0.2) is 9.71 Å². The SMILES string of the molecule is CCCOc1c(N[S+]([O-])C(C)(C)C)cc(C(O)(CN)C(F)(F)F)nc1Cl. The largest absolute Gasteiger partial charge is 0.593 e. The summed E-state index contributed by atoms with van der Waals surface area (Å²) >= 11 is 4.31. The van der Waals surface area contributed by atoms with Crippen molar-refractivity contribution in [3.05, 3.63) is 16.9 Å². The Balaban J connectivity index is 3.50. The molecule has 0 bridgehead atoms. The molecule has 6 nitrogen and oxygen atoms in total. The molecule has 0 aliphatic rings. The van der Waals surface area contributed by atoms with Gasteiger partial charge in [-0.3, -0.25) is 0 Å². The van der Waals surface area contributed by atoms with E-state index in [0.29, 0.717) is 6.42 Å². The van der Waals surface area contributed by atoms with E-state index < -0.39 is 45.3 Å². The van der Waals surface area contributed by atoms with Crippen LogP contribution in [0.3, 0.4) is 0 Å². The quantitative estimate of drug-likeness (QED) is 0.465. The molecule has 2 unspecified atom stereocenters. The Morgan fingerprint density at radius 3 is 2.38 bits per heavy atom. The predicted octanol–water partition coefficient (Wildman–Crippen LogP) is 3.11. The molecule has 0 saturated heterocycles. The first-order valence-electron chi connectivity index (χ1n) is 7.79. The van der Waals surface area contributed by atoms with Crippen LogP contribution in [0.5, 0.6) is 5.75 Å². The van der Waals surface area contributed by atoms with E-state index in [1.807, 2.05) is 6.92 Å². The molecule has 1 rings (SSSR count). The van der Waals surface area contributed by atoms with E-state index in [1.165, 1.54) is 0 Å². The molecule has 0 fully saturated rings. The summed E-state index contributed by atoms with van der Waals surface area (Å²) in [5.74, 6) is -0.0450. The zero-order valence-electron chi connectivity index (χ0n) is 14.9. The van der Waals surface area contributed by atoms with Crippen LogP contribution < -0.4 is 15.2 Å². The van der Waals surface area contributed by atoms with Crippen molar-refractivity contribution in [1.29, 1.82) is 0 Å². The van der Waals surface area contributed by atoms with Crippen LogP contribution in [0.2, 0.25) is 5.15 Å². The van der Waals surface area contributed by atoms with Crippen molar-refractivity contribution in [1.82, 2.24) is 4.98 Å². The van der Waals surface area contributed by atoms with Gasteiger partial charge in [0.05, 0.1) is 23.7 Å². The van der Waals surface area contributed by atoms with E-state index in [0.717, 1.165) is 6.07 Å². The van der Waals surface area contributed by atoms with Crippen LogP contribution in [0.25, 0.3) is 0 Å². The van der Waals surface area contributed by atoms with Gasteiger partial charge in [0.25, 0.3) is 0 Å². The van der Waals surface area contributed by atoms with Crippen molar-refractivity contribution in [2.45, 2.75) is 50.6 Å². The molecule has 1 heterocycles. The van der Waals surface area contributed by atoms with E-state index >= 15 is 0 Å². The van der Waals surface area contributed by atoms with Gasteiger partial charge >= 0.3 is 6.18 Å². The zero-order valence-corrected chi connectivity index (χ0v) is 16.5. The van der Waals surface area contributed by atoms with E-state index in [-0.39, 0.29) is 18.0 Å². The van der Waals surface area contributed by atoms with E-state index in [4.69, 9.17) is 22.1 Å². The molecule has 0 amide bonds. The number of hydrogen-bond acceptors (Lipinski definition) is 6. The lowest BCUT2D eigenvalue weighted by Gasteiger charge is -2.30. The fourth-order valence-corrected chi connectivity index (χ4v) is 2.65. The third-order valence-corrected chi connectivity index (χ3v) is 5.10. The molecular formula is C15H23ClF3N3O3S. The summed E-state index contributed by atoms with van der Waals surface area (Å²) in [6.07, 6.45) is -4.47. The molecule has 2 atom stereocenters. The molecule has 0 spiro atoms. The van der Waals surface area contributed by atoms with Gasteiger partial charge in [0.1, 0.15) is 10.4 Å². The summed E-state index contributed by atoms with van der Waals surface area (Å²) < 4.78 is 59.5. The Morgan fingerprint density at radius 1 is 1.38 bits per heavy atom. The molecule has 0 aliphatic heterocycles. The van der Waals surface area contributed by atoms with Crippen molar-refractivity contribution >= 4 is 28.7 Å². The molecule has 0 radical (unpaired) electrons. The monoisotopic (exact) mass is 417 g/mol. The minimum atomic E-state index is -5.08. The van der Waals surface area contributed by atoms with E-state index in [1.54, 1.807) is 20.8 Å². The van der Waals surface area contributed by atoms with Crippen LogP contribution in [0.1, 0.15) is 39.8 Å². The van der Waals surface area contributed by atoms with Gasteiger partial charge in [0, 0.05) is 6.54 Å². The van der Waals surface area contributed by atoms with Crippen LogP contribution in [0.15, 0.2) is 6.07 Å². The second kappa shape index (κ2) is 8.39. The van der Waals surface area contributed by atoms with Crippen molar-refractivity contribution in [2.24, 2.45) is 5.73 Å². The Bertz CT molecular complexity index is 629. The summed E-state index contributed by atoms with van der Waals surface area (Å²) in [6, 6.07) is 0.904. The highest BCUT2D eigenvalue weighted by molar-refractivity contribution is 7.94. The number of hydrogen-bond donors (Lipinski definition) is 3. The second-order valence-corrected chi connectivity index (χ2v) is 8.89. The molecule has 26 heavy (non-hydrogen) atoms. The standard InChI is InChI=1S/C15H23ClF3N3O3S/c1-5-6-25-11-9(22-26(24)13(2,3)4)7-10(21-12(11)16)14(23,8-20)15(17,18)19/h7,23H,5-6,8,20H2,1-4H3,(H,21,22). The highest BCUT2D eigenvalue weighted by Gasteiger charge is 2.55. The third kappa shape index (κ3) is 5.07. The number of aromatic nitrogens is 1. The lowest BCUT2D eigenvalue weighted by molar-refractivity contribution is -0.263. The maximum atomic E-state index is 13.3. The van der Waals surface area contributed by atoms with Gasteiger partial charge in [-0.15, -0.1) is 0 Å². The van der Waals surface area contributed by atoms with E-state index in [9.17, 15) is 22.8 Å². The molecule has 4 N–H and O–H groups in total. The minimum absolute atomic E-state index is 0.0450. The number of rotatable bonds is 7. The smallest absolute Gasteiger partial charge is 0.424 e. The molecule has 0 saturated carbocycles. The number of halogens is 4. The molecule has 1 aromatic heterocycles. The summed E-state index contributed by atoms with van der Waals surface area (Å²) in [4.78, 5) is 3.62. The lowest BCUT2D eigenvalue weighted by Crippen LogP contribution is -2.49. The van der Waals surface area contributed by atoms with Crippen LogP contribution in [0, 0.1) is 0 Å². The van der Waals surface area contributed by atoms with Crippen molar-refractivity contribution in [2.75, 3.05) is 17.9 Å². The Morgan fingerprint density at radius 2 is 1.96 bits per heavy atom. The van der Waals surface area contributed by atoms with Crippen LogP contribution >= 0.6 is 11.6 Å². The zero-order chi connectivity index (χ0) is 20.3. The van der Waals surface area contributed by atoms with Gasteiger partial charge in [-0.2, -0.15) is 13.2 Å². The van der Waals surface area contributed by atoms with Gasteiger partial charge in [0.2, 0.25) is 5.60 Å². The Kier molecular flexibility index (Phi) is 7.45. The highest BCUT2D eigenvalue weighted by atomic mass is 35.5. The van der Waals surface area contributed by atoms with Crippen LogP contribution in [-0.4, -0.2) is 38.7 Å². The second-order valence-electron chi connectivity index (χ2n) is 6.57. The molecular weight excluding hydrogens is 395 g/mol. The molecule has 0 aromatic carbocycles. The first-order valence-corrected chi connectivity index (χ1v) is 9.32. The third-order valence-electron chi connectivity index (χ3n) is 3.33. The van der Waals surface area contributed by atoms with Gasteiger partial charge in [-0.1, -0.05) is 18.5 Å². The highest BCUT2D eigenvalue weighted by Crippen LogP contribution is 2.42. The first kappa shape index (κ1) is 23.1. The predicted molar refractivity (Wildman–Crippen MR) is 95.6 cm³/mol. The number of ether oxygens (including phenoxy) is 1. The van der Waals surface area contributed by atoms with Gasteiger partial charge in [-0.05, 0) is 33.3 Å². The lowest BCUT2D eigenvalue weighted by atomic mass is 9.98. The minimum Gasteiger partial charge on any atom is -0.593 e. The Hall–Kier alpha value is -0.940. The number of nitrogens with two attached hydrogens (primary N) is 1. The topological polar surface area (TPSA) is 103 Å². The van der Waals surface area contributed by atoms with Crippen LogP contribution in [0.4, 0.5) is 18.9 Å². The van der Waals surface area contributed by atoms with E-state index in [2.05, 4.69) is 9.71 Å². The maximum absolute atomic E-state index is 13.3. The molecule has 11 heteroatoms. The normalized spacial score (nSPS) is 16.1. The summed E-state index contributed by atoms with van der Waals surface area (Å²) in [5, 5.41) is 9.62. The maximum Gasteiger partial charge on any atom is 0.424 e. The Labute approximate surface area is 158 Å². The first-order chi connectivity index (χ1) is 11.8. The number of nitrogens with one attached hydrogen (secondary N) is 1. The van der Waals surface area contributed by atoms with Crippen molar-refractivity contribution in [3.63, 3.8) is 0 Å². The number of aliphatic hydroxyl groups is 1. The summed E-state index contributed by atoms with van der Waals surface area (Å²) in [6.45, 7) is 5.93. The van der Waals surface area contributed by atoms with Crippen molar-refractivity contribution < 1.29 is 27.6 Å². The fourth-order valence-electron chi connectivity index (χ4n) is 1.75. The molecule has 150 valence electrons. The number of alkyl halides is 3. The average Bonchev–Trinajstić information content (AvgIpc) is 2.50.